The van der Waals surface area contributed by atoms with Crippen molar-refractivity contribution in [3.8, 4) is 0 Å². The van der Waals surface area contributed by atoms with Crippen molar-refractivity contribution in [3.63, 3.8) is 0 Å². The summed E-state index contributed by atoms with van der Waals surface area (Å²) in [5.41, 5.74) is 0.999. The normalized spacial score (nSPS) is 20.6. The van der Waals surface area contributed by atoms with E-state index in [-0.39, 0.29) is 0 Å². The summed E-state index contributed by atoms with van der Waals surface area (Å²) in [5.74, 6) is 1.13. The lowest BCUT2D eigenvalue weighted by Crippen LogP contribution is -2.34. The Hall–Kier alpha value is -1.55. The minimum absolute atomic E-state index is 0.675. The number of nitrogens with zero attached hydrogens (tertiary/aromatic N) is 3. The molecule has 1 saturated heterocycles. The minimum Gasteiger partial charge on any atom is -0.370 e. The van der Waals surface area contributed by atoms with Gasteiger partial charge in [0.25, 0.3) is 0 Å². The first-order valence-electron chi connectivity index (χ1n) is 6.78. The van der Waals surface area contributed by atoms with Crippen molar-refractivity contribution < 1.29 is 0 Å². The van der Waals surface area contributed by atoms with Crippen LogP contribution in [-0.4, -0.2) is 40.0 Å². The molecule has 0 amide bonds. The predicted octanol–water partition coefficient (Wildman–Crippen LogP) is 2.23. The largest absolute Gasteiger partial charge is 0.370 e. The smallest absolute Gasteiger partial charge is 0.138 e. The molecule has 3 heterocycles. The predicted molar refractivity (Wildman–Crippen MR) is 74.0 cm³/mol. The van der Waals surface area contributed by atoms with Crippen LogP contribution < -0.4 is 5.32 Å². The minimum atomic E-state index is 0.675. The second-order valence-electron chi connectivity index (χ2n) is 4.87. The second-order valence-corrected chi connectivity index (χ2v) is 4.87. The lowest BCUT2D eigenvalue weighted by Gasteiger charge is -2.23. The van der Waals surface area contributed by atoms with Crippen molar-refractivity contribution >= 4 is 11.5 Å². The van der Waals surface area contributed by atoms with Gasteiger partial charge in [-0.25, -0.2) is 4.98 Å². The number of anilines is 1. The summed E-state index contributed by atoms with van der Waals surface area (Å²) < 4.78 is 2.10. The summed E-state index contributed by atoms with van der Waals surface area (Å²) in [6.07, 6.45) is 6.48. The number of aromatic nitrogens is 2. The highest BCUT2D eigenvalue weighted by atomic mass is 15.2. The van der Waals surface area contributed by atoms with E-state index >= 15 is 0 Å². The number of hydrogen-bond acceptors (Lipinski definition) is 3. The van der Waals surface area contributed by atoms with Gasteiger partial charge in [0.2, 0.25) is 0 Å². The molecule has 2 aromatic rings. The van der Waals surface area contributed by atoms with E-state index in [1.165, 1.54) is 19.4 Å². The molecular weight excluding hydrogens is 224 g/mol. The highest BCUT2D eigenvalue weighted by molar-refractivity contribution is 5.49. The number of likely N-dealkylation sites (N-methyl/N-ethyl adjacent to an activating group) is 1. The molecule has 0 radical (unpaired) electrons. The van der Waals surface area contributed by atoms with Gasteiger partial charge in [0, 0.05) is 25.0 Å². The highest BCUT2D eigenvalue weighted by Crippen LogP contribution is 2.18. The molecule has 0 aliphatic carbocycles. The molecule has 4 heteroatoms. The van der Waals surface area contributed by atoms with Gasteiger partial charge < -0.3 is 5.32 Å². The van der Waals surface area contributed by atoms with Crippen molar-refractivity contribution in [2.45, 2.75) is 25.8 Å². The molecule has 1 atom stereocenters. The first-order chi connectivity index (χ1) is 8.88. The summed E-state index contributed by atoms with van der Waals surface area (Å²) in [6.45, 7) is 5.67. The molecule has 0 aromatic carbocycles. The maximum Gasteiger partial charge on any atom is 0.138 e. The van der Waals surface area contributed by atoms with Crippen LogP contribution in [-0.2, 0) is 0 Å². The molecule has 0 bridgehead atoms. The van der Waals surface area contributed by atoms with Crippen LogP contribution in [0.4, 0.5) is 5.82 Å². The molecule has 4 nitrogen and oxygen atoms in total. The van der Waals surface area contributed by atoms with Crippen molar-refractivity contribution in [1.29, 1.82) is 0 Å². The molecule has 1 N–H and O–H groups in total. The van der Waals surface area contributed by atoms with Gasteiger partial charge in [0.15, 0.2) is 0 Å². The van der Waals surface area contributed by atoms with E-state index in [0.717, 1.165) is 24.6 Å². The zero-order chi connectivity index (χ0) is 12.4. The molecule has 1 aliphatic rings. The number of nitrogens with one attached hydrogen (secondary N) is 1. The van der Waals surface area contributed by atoms with E-state index in [1.54, 1.807) is 0 Å². The van der Waals surface area contributed by atoms with Gasteiger partial charge in [-0.1, -0.05) is 13.0 Å². The maximum atomic E-state index is 4.30. The fourth-order valence-electron chi connectivity index (χ4n) is 2.86. The fraction of sp³-hybridized carbons (Fsp3) is 0.500. The van der Waals surface area contributed by atoms with E-state index in [2.05, 4.69) is 38.7 Å². The van der Waals surface area contributed by atoms with E-state index in [9.17, 15) is 0 Å². The van der Waals surface area contributed by atoms with Gasteiger partial charge in [-0.3, -0.25) is 9.30 Å². The monoisotopic (exact) mass is 244 g/mol. The molecule has 0 spiro atoms. The highest BCUT2D eigenvalue weighted by Gasteiger charge is 2.22. The lowest BCUT2D eigenvalue weighted by molar-refractivity contribution is 0.277. The van der Waals surface area contributed by atoms with Crippen LogP contribution in [0.25, 0.3) is 5.65 Å². The third-order valence-corrected chi connectivity index (χ3v) is 3.85. The van der Waals surface area contributed by atoms with Crippen molar-refractivity contribution in [2.24, 2.45) is 0 Å². The molecule has 1 fully saturated rings. The number of pyridine rings is 1. The van der Waals surface area contributed by atoms with Gasteiger partial charge in [-0.2, -0.15) is 0 Å². The molecule has 18 heavy (non-hydrogen) atoms. The standard InChI is InChI=1S/C14H20N4/c1-2-17-9-4-5-12(17)11-16-14-7-3-6-13-15-8-10-18(13)14/h3,6-8,10,12,16H,2,4-5,9,11H2,1H3. The topological polar surface area (TPSA) is 32.6 Å². The number of hydrogen-bond donors (Lipinski definition) is 1. The van der Waals surface area contributed by atoms with Gasteiger partial charge in [-0.05, 0) is 38.1 Å². The Morgan fingerprint density at radius 2 is 2.39 bits per heavy atom. The van der Waals surface area contributed by atoms with Crippen LogP contribution in [0, 0.1) is 0 Å². The van der Waals surface area contributed by atoms with Crippen LogP contribution >= 0.6 is 0 Å². The molecular formula is C14H20N4. The maximum absolute atomic E-state index is 4.30. The van der Waals surface area contributed by atoms with Gasteiger partial charge in [-0.15, -0.1) is 0 Å². The average molecular weight is 244 g/mol. The van der Waals surface area contributed by atoms with Crippen LogP contribution in [0.1, 0.15) is 19.8 Å². The number of imidazole rings is 1. The van der Waals surface area contributed by atoms with Crippen molar-refractivity contribution in [1.82, 2.24) is 14.3 Å². The molecule has 96 valence electrons. The molecule has 3 rings (SSSR count). The summed E-state index contributed by atoms with van der Waals surface area (Å²) in [7, 11) is 0. The second kappa shape index (κ2) is 4.98. The Balaban J connectivity index is 1.71. The lowest BCUT2D eigenvalue weighted by atomic mass is 10.2. The van der Waals surface area contributed by atoms with E-state index < -0.39 is 0 Å². The van der Waals surface area contributed by atoms with Crippen LogP contribution in [0.15, 0.2) is 30.6 Å². The van der Waals surface area contributed by atoms with Gasteiger partial charge >= 0.3 is 0 Å². The quantitative estimate of drug-likeness (QED) is 0.895. The number of rotatable bonds is 4. The van der Waals surface area contributed by atoms with E-state index in [0.29, 0.717) is 6.04 Å². The fourth-order valence-corrected chi connectivity index (χ4v) is 2.86. The summed E-state index contributed by atoms with van der Waals surface area (Å²) in [6, 6.07) is 6.87. The Bertz CT molecular complexity index is 519. The zero-order valence-corrected chi connectivity index (χ0v) is 10.8. The number of likely N-dealkylation sites (tertiary alicyclic amines) is 1. The number of fused-ring (bicyclic) bond motifs is 1. The summed E-state index contributed by atoms with van der Waals surface area (Å²) in [4.78, 5) is 6.86. The zero-order valence-electron chi connectivity index (χ0n) is 10.8. The summed E-state index contributed by atoms with van der Waals surface area (Å²) >= 11 is 0. The Morgan fingerprint density at radius 3 is 3.28 bits per heavy atom. The molecule has 1 unspecified atom stereocenters. The average Bonchev–Trinajstić information content (AvgIpc) is 3.04. The van der Waals surface area contributed by atoms with Crippen molar-refractivity contribution in [3.05, 3.63) is 30.6 Å². The van der Waals surface area contributed by atoms with Crippen molar-refractivity contribution in [2.75, 3.05) is 25.0 Å². The molecule has 2 aromatic heterocycles. The van der Waals surface area contributed by atoms with E-state index in [4.69, 9.17) is 0 Å². The van der Waals surface area contributed by atoms with Crippen LogP contribution in [0.3, 0.4) is 0 Å². The molecule has 1 aliphatic heterocycles. The third-order valence-electron chi connectivity index (χ3n) is 3.85. The Morgan fingerprint density at radius 1 is 1.44 bits per heavy atom. The first kappa shape index (κ1) is 11.5. The molecule has 0 saturated carbocycles. The van der Waals surface area contributed by atoms with E-state index in [1.807, 2.05) is 18.5 Å². The van der Waals surface area contributed by atoms with Gasteiger partial charge in [0.05, 0.1) is 0 Å². The van der Waals surface area contributed by atoms with Crippen LogP contribution in [0.2, 0.25) is 0 Å². The summed E-state index contributed by atoms with van der Waals surface area (Å²) in [5, 5.41) is 3.56. The SMILES string of the molecule is CCN1CCCC1CNc1cccc2nccn12. The van der Waals surface area contributed by atoms with Gasteiger partial charge in [0.1, 0.15) is 11.5 Å². The Labute approximate surface area is 108 Å². The van der Waals surface area contributed by atoms with Crippen LogP contribution in [0.5, 0.6) is 0 Å². The first-order valence-corrected chi connectivity index (χ1v) is 6.78. The third kappa shape index (κ3) is 2.08. The Kier molecular flexibility index (Phi) is 3.19.